The number of hydrogen-bond donors (Lipinski definition) is 1. The molecule has 2 heterocycles. The molecule has 0 radical (unpaired) electrons. The highest BCUT2D eigenvalue weighted by Gasteiger charge is 2.29. The first kappa shape index (κ1) is 24.7. The second-order valence-electron chi connectivity index (χ2n) is 8.66. The van der Waals surface area contributed by atoms with Crippen molar-refractivity contribution in [3.63, 3.8) is 0 Å². The molecular weight excluding hydrogens is 517 g/mol. The summed E-state index contributed by atoms with van der Waals surface area (Å²) in [6.07, 6.45) is 2.19. The van der Waals surface area contributed by atoms with Gasteiger partial charge in [-0.25, -0.2) is 17.7 Å². The predicted molar refractivity (Wildman–Crippen MR) is 144 cm³/mol. The first-order valence-electron chi connectivity index (χ1n) is 11.3. The van der Waals surface area contributed by atoms with Crippen molar-refractivity contribution in [2.45, 2.75) is 28.8 Å². The Morgan fingerprint density at radius 2 is 1.83 bits per heavy atom. The molecule has 1 amide bonds. The fraction of sp³-hybridized carbons (Fsp3) is 0.240. The van der Waals surface area contributed by atoms with E-state index >= 15 is 0 Å². The molecule has 11 heteroatoms. The number of nitrogens with zero attached hydrogens (tertiary/aromatic N) is 3. The van der Waals surface area contributed by atoms with E-state index in [1.54, 1.807) is 16.7 Å². The SMILES string of the molecule is CN(C)S(=O)(=O)c1ccc(NC(=O)CSc2nc3scc(C4CC4)c3c(=O)n2-c2ccccc2)cc1. The summed E-state index contributed by atoms with van der Waals surface area (Å²) in [6, 6.07) is 15.3. The summed E-state index contributed by atoms with van der Waals surface area (Å²) < 4.78 is 27.2. The molecule has 5 rings (SSSR count). The summed E-state index contributed by atoms with van der Waals surface area (Å²) in [5, 5.41) is 5.94. The number of benzene rings is 2. The highest BCUT2D eigenvalue weighted by atomic mass is 32.2. The van der Waals surface area contributed by atoms with Crippen LogP contribution < -0.4 is 10.9 Å². The summed E-state index contributed by atoms with van der Waals surface area (Å²) >= 11 is 2.65. The predicted octanol–water partition coefficient (Wildman–Crippen LogP) is 4.31. The summed E-state index contributed by atoms with van der Waals surface area (Å²) in [4.78, 5) is 31.9. The third kappa shape index (κ3) is 4.83. The second-order valence-corrected chi connectivity index (χ2v) is 12.6. The van der Waals surface area contributed by atoms with Gasteiger partial charge in [-0.1, -0.05) is 30.0 Å². The van der Waals surface area contributed by atoms with Gasteiger partial charge in [-0.3, -0.25) is 14.2 Å². The molecule has 4 aromatic rings. The number of carbonyl (C=O) groups excluding carboxylic acids is 1. The molecular formula is C25H24N4O4S3. The van der Waals surface area contributed by atoms with Crippen molar-refractivity contribution in [1.82, 2.24) is 13.9 Å². The topological polar surface area (TPSA) is 101 Å². The molecule has 1 aliphatic rings. The van der Waals surface area contributed by atoms with Crippen molar-refractivity contribution in [2.75, 3.05) is 25.2 Å². The summed E-state index contributed by atoms with van der Waals surface area (Å²) in [7, 11) is -0.617. The molecule has 8 nitrogen and oxygen atoms in total. The number of thiophene rings is 1. The molecule has 2 aromatic carbocycles. The average molecular weight is 541 g/mol. The number of thioether (sulfide) groups is 1. The molecule has 2 aromatic heterocycles. The molecule has 0 atom stereocenters. The fourth-order valence-electron chi connectivity index (χ4n) is 3.84. The lowest BCUT2D eigenvalue weighted by Crippen LogP contribution is -2.23. The van der Waals surface area contributed by atoms with Crippen molar-refractivity contribution in [1.29, 1.82) is 0 Å². The number of sulfonamides is 1. The first-order chi connectivity index (χ1) is 17.3. The summed E-state index contributed by atoms with van der Waals surface area (Å²) in [5.74, 6) is 0.173. The zero-order valence-electron chi connectivity index (χ0n) is 19.7. The molecule has 0 aliphatic heterocycles. The van der Waals surface area contributed by atoms with E-state index in [9.17, 15) is 18.0 Å². The minimum atomic E-state index is -3.54. The van der Waals surface area contributed by atoms with Gasteiger partial charge in [0.1, 0.15) is 4.83 Å². The Bertz CT molecular complexity index is 1590. The highest BCUT2D eigenvalue weighted by Crippen LogP contribution is 2.44. The standard InChI is InChI=1S/C25H24N4O4S3/c1-28(2)36(32,33)19-12-10-17(11-13-19)26-21(30)15-35-25-27-23-22(20(14-34-23)16-8-9-16)24(31)29(25)18-6-4-3-5-7-18/h3-7,10-14,16H,8-9,15H2,1-2H3,(H,26,30). The van der Waals surface area contributed by atoms with Gasteiger partial charge in [0.15, 0.2) is 5.16 Å². The van der Waals surface area contributed by atoms with Crippen LogP contribution >= 0.6 is 23.1 Å². The maximum Gasteiger partial charge on any atom is 0.267 e. The van der Waals surface area contributed by atoms with E-state index in [-0.39, 0.29) is 22.1 Å². The van der Waals surface area contributed by atoms with Gasteiger partial charge in [-0.05, 0) is 66.1 Å². The third-order valence-electron chi connectivity index (χ3n) is 5.89. The molecule has 1 N–H and O–H groups in total. The maximum atomic E-state index is 13.6. The molecule has 0 bridgehead atoms. The zero-order chi connectivity index (χ0) is 25.4. The zero-order valence-corrected chi connectivity index (χ0v) is 22.1. The van der Waals surface area contributed by atoms with Gasteiger partial charge in [0.2, 0.25) is 15.9 Å². The minimum absolute atomic E-state index is 0.0311. The van der Waals surface area contributed by atoms with Crippen LogP contribution in [0.4, 0.5) is 5.69 Å². The molecule has 1 saturated carbocycles. The van der Waals surface area contributed by atoms with Crippen LogP contribution in [0.3, 0.4) is 0 Å². The molecule has 1 fully saturated rings. The number of nitrogens with one attached hydrogen (secondary N) is 1. The Morgan fingerprint density at radius 3 is 2.47 bits per heavy atom. The van der Waals surface area contributed by atoms with Crippen LogP contribution in [-0.4, -0.2) is 48.0 Å². The van der Waals surface area contributed by atoms with E-state index in [1.165, 1.54) is 49.3 Å². The Hall–Kier alpha value is -2.99. The smallest absolute Gasteiger partial charge is 0.267 e. The lowest BCUT2D eigenvalue weighted by molar-refractivity contribution is -0.113. The molecule has 36 heavy (non-hydrogen) atoms. The van der Waals surface area contributed by atoms with E-state index in [0.29, 0.717) is 32.7 Å². The van der Waals surface area contributed by atoms with E-state index < -0.39 is 10.0 Å². The number of fused-ring (bicyclic) bond motifs is 1. The minimum Gasteiger partial charge on any atom is -0.325 e. The summed E-state index contributed by atoms with van der Waals surface area (Å²) in [6.45, 7) is 0. The van der Waals surface area contributed by atoms with Crippen LogP contribution in [0.5, 0.6) is 0 Å². The van der Waals surface area contributed by atoms with Crippen molar-refractivity contribution < 1.29 is 13.2 Å². The van der Waals surface area contributed by atoms with E-state index in [4.69, 9.17) is 4.98 Å². The van der Waals surface area contributed by atoms with Gasteiger partial charge >= 0.3 is 0 Å². The maximum absolute atomic E-state index is 13.6. The van der Waals surface area contributed by atoms with Crippen LogP contribution in [0.2, 0.25) is 0 Å². The van der Waals surface area contributed by atoms with Crippen LogP contribution in [0, 0.1) is 0 Å². The molecule has 186 valence electrons. The third-order valence-corrected chi connectivity index (χ3v) is 9.54. The normalized spacial score (nSPS) is 13.9. The number of rotatable bonds is 8. The van der Waals surface area contributed by atoms with E-state index in [0.717, 1.165) is 22.7 Å². The number of amides is 1. The number of aromatic nitrogens is 2. The largest absolute Gasteiger partial charge is 0.325 e. The van der Waals surface area contributed by atoms with Gasteiger partial charge in [0.25, 0.3) is 5.56 Å². The second kappa shape index (κ2) is 9.81. The Balaban J connectivity index is 1.39. The van der Waals surface area contributed by atoms with E-state index in [1.807, 2.05) is 35.7 Å². The quantitative estimate of drug-likeness (QED) is 0.264. The van der Waals surface area contributed by atoms with Crippen molar-refractivity contribution in [2.24, 2.45) is 0 Å². The monoisotopic (exact) mass is 540 g/mol. The van der Waals surface area contributed by atoms with Gasteiger partial charge in [0.05, 0.1) is 21.7 Å². The van der Waals surface area contributed by atoms with Crippen molar-refractivity contribution in [3.8, 4) is 5.69 Å². The van der Waals surface area contributed by atoms with Crippen molar-refractivity contribution in [3.05, 3.63) is 75.9 Å². The lowest BCUT2D eigenvalue weighted by Gasteiger charge is -2.13. The Kier molecular flexibility index (Phi) is 6.73. The fourth-order valence-corrected chi connectivity index (χ4v) is 6.61. The first-order valence-corrected chi connectivity index (χ1v) is 14.6. The number of para-hydroxylation sites is 1. The molecule has 1 aliphatic carbocycles. The highest BCUT2D eigenvalue weighted by molar-refractivity contribution is 7.99. The van der Waals surface area contributed by atoms with Crippen molar-refractivity contribution >= 4 is 54.9 Å². The van der Waals surface area contributed by atoms with Gasteiger partial charge in [-0.15, -0.1) is 11.3 Å². The summed E-state index contributed by atoms with van der Waals surface area (Å²) in [5.41, 5.74) is 2.14. The number of carbonyl (C=O) groups is 1. The molecule has 0 spiro atoms. The van der Waals surface area contributed by atoms with Crippen LogP contribution in [-0.2, 0) is 14.8 Å². The lowest BCUT2D eigenvalue weighted by atomic mass is 10.1. The van der Waals surface area contributed by atoms with Gasteiger partial charge < -0.3 is 5.32 Å². The van der Waals surface area contributed by atoms with E-state index in [2.05, 4.69) is 5.32 Å². The van der Waals surface area contributed by atoms with Crippen LogP contribution in [0.1, 0.15) is 24.3 Å². The van der Waals surface area contributed by atoms with Crippen LogP contribution in [0.25, 0.3) is 15.9 Å². The average Bonchev–Trinajstić information content (AvgIpc) is 3.62. The van der Waals surface area contributed by atoms with Crippen LogP contribution in [0.15, 0.2) is 74.8 Å². The Labute approximate surface area is 217 Å². The Morgan fingerprint density at radius 1 is 1.14 bits per heavy atom. The van der Waals surface area contributed by atoms with Gasteiger partial charge in [-0.2, -0.15) is 0 Å². The van der Waals surface area contributed by atoms with Gasteiger partial charge in [0, 0.05) is 19.8 Å². The molecule has 0 saturated heterocycles. The number of anilines is 1. The number of hydrogen-bond acceptors (Lipinski definition) is 7. The molecule has 0 unspecified atom stereocenters.